The lowest BCUT2D eigenvalue weighted by Crippen LogP contribution is -2.52. The van der Waals surface area contributed by atoms with Gasteiger partial charge in [-0.3, -0.25) is 19.7 Å². The summed E-state index contributed by atoms with van der Waals surface area (Å²) >= 11 is 0. The first kappa shape index (κ1) is 13.9. The quantitative estimate of drug-likeness (QED) is 0.666. The Kier molecular flexibility index (Phi) is 3.92. The van der Waals surface area contributed by atoms with E-state index in [1.807, 2.05) is 0 Å². The molecule has 3 N–H and O–H groups in total. The molecule has 1 atom stereocenters. The number of aromatic nitrogens is 1. The molecule has 8 heteroatoms. The van der Waals surface area contributed by atoms with Crippen LogP contribution in [0.15, 0.2) is 12.3 Å². The molecule has 0 spiro atoms. The molecule has 0 aliphatic carbocycles. The van der Waals surface area contributed by atoms with E-state index in [4.69, 9.17) is 0 Å². The minimum absolute atomic E-state index is 0.0547. The number of amides is 3. The van der Waals surface area contributed by atoms with Crippen molar-refractivity contribution in [2.75, 3.05) is 12.4 Å². The van der Waals surface area contributed by atoms with Crippen LogP contribution in [0.2, 0.25) is 0 Å². The molecule has 2 rings (SSSR count). The number of piperidine rings is 1. The maximum absolute atomic E-state index is 13.9. The van der Waals surface area contributed by atoms with Gasteiger partial charge in [-0.05, 0) is 12.5 Å². The van der Waals surface area contributed by atoms with E-state index in [0.717, 1.165) is 0 Å². The molecule has 0 bridgehead atoms. The maximum atomic E-state index is 13.9. The zero-order chi connectivity index (χ0) is 14.7. The van der Waals surface area contributed by atoms with Crippen LogP contribution in [0.5, 0.6) is 0 Å². The third-order valence-corrected chi connectivity index (χ3v) is 2.92. The molecule has 20 heavy (non-hydrogen) atoms. The number of nitrogens with one attached hydrogen (secondary N) is 3. The molecule has 0 saturated carbocycles. The van der Waals surface area contributed by atoms with Crippen LogP contribution in [0.25, 0.3) is 0 Å². The number of hydrogen-bond acceptors (Lipinski definition) is 5. The van der Waals surface area contributed by atoms with E-state index in [1.54, 1.807) is 0 Å². The molecule has 0 aromatic carbocycles. The van der Waals surface area contributed by atoms with E-state index in [2.05, 4.69) is 20.9 Å². The van der Waals surface area contributed by atoms with Gasteiger partial charge in [0.1, 0.15) is 6.04 Å². The lowest BCUT2D eigenvalue weighted by molar-refractivity contribution is -0.134. The van der Waals surface area contributed by atoms with Gasteiger partial charge in [-0.25, -0.2) is 9.37 Å². The normalized spacial score (nSPS) is 18.4. The van der Waals surface area contributed by atoms with Crippen molar-refractivity contribution in [3.05, 3.63) is 23.6 Å². The molecule has 3 amide bonds. The van der Waals surface area contributed by atoms with Gasteiger partial charge in [-0.1, -0.05) is 0 Å². The summed E-state index contributed by atoms with van der Waals surface area (Å²) in [5.41, 5.74) is -0.214. The predicted octanol–water partition coefficient (Wildman–Crippen LogP) is -0.203. The average Bonchev–Trinajstić information content (AvgIpc) is 2.42. The number of rotatable bonds is 3. The first-order chi connectivity index (χ1) is 9.52. The zero-order valence-electron chi connectivity index (χ0n) is 10.7. The standard InChI is InChI=1S/C12H13FN4O3/c1-14-10-9(13)6(4-5-15-10)11(19)16-7-2-3-8(18)17-12(7)20/h4-5,7H,2-3H2,1H3,(H,14,15)(H,16,19)(H,17,18,20). The summed E-state index contributed by atoms with van der Waals surface area (Å²) in [6.07, 6.45) is 1.62. The molecule has 1 aliphatic rings. The Morgan fingerprint density at radius 3 is 2.90 bits per heavy atom. The highest BCUT2D eigenvalue weighted by Gasteiger charge is 2.29. The minimum Gasteiger partial charge on any atom is -0.371 e. The van der Waals surface area contributed by atoms with Crippen molar-refractivity contribution in [1.29, 1.82) is 0 Å². The van der Waals surface area contributed by atoms with E-state index >= 15 is 0 Å². The fourth-order valence-electron chi connectivity index (χ4n) is 1.86. The SMILES string of the molecule is CNc1nccc(C(=O)NC2CCC(=O)NC2=O)c1F. The van der Waals surface area contributed by atoms with Gasteiger partial charge in [-0.2, -0.15) is 0 Å². The van der Waals surface area contributed by atoms with Gasteiger partial charge >= 0.3 is 0 Å². The molecule has 1 aromatic rings. The fraction of sp³-hybridized carbons (Fsp3) is 0.333. The van der Waals surface area contributed by atoms with Crippen molar-refractivity contribution < 1.29 is 18.8 Å². The summed E-state index contributed by atoms with van der Waals surface area (Å²) in [6, 6.07) is 0.378. The predicted molar refractivity (Wildman–Crippen MR) is 67.4 cm³/mol. The molecule has 1 unspecified atom stereocenters. The van der Waals surface area contributed by atoms with Gasteiger partial charge in [0.25, 0.3) is 5.91 Å². The number of halogens is 1. The van der Waals surface area contributed by atoms with Crippen molar-refractivity contribution in [3.8, 4) is 0 Å². The summed E-state index contributed by atoms with van der Waals surface area (Å²) in [7, 11) is 1.48. The lowest BCUT2D eigenvalue weighted by atomic mass is 10.1. The molecular formula is C12H13FN4O3. The Balaban J connectivity index is 2.13. The molecule has 1 aromatic heterocycles. The van der Waals surface area contributed by atoms with Gasteiger partial charge in [0.15, 0.2) is 11.6 Å². The smallest absolute Gasteiger partial charge is 0.255 e. The van der Waals surface area contributed by atoms with Crippen LogP contribution in [0.1, 0.15) is 23.2 Å². The van der Waals surface area contributed by atoms with Crippen LogP contribution in [0.3, 0.4) is 0 Å². The highest BCUT2D eigenvalue weighted by Crippen LogP contribution is 2.15. The van der Waals surface area contributed by atoms with Crippen molar-refractivity contribution in [2.45, 2.75) is 18.9 Å². The molecular weight excluding hydrogens is 267 g/mol. The van der Waals surface area contributed by atoms with E-state index < -0.39 is 23.7 Å². The van der Waals surface area contributed by atoms with Gasteiger partial charge < -0.3 is 10.6 Å². The molecule has 7 nitrogen and oxygen atoms in total. The molecule has 1 aliphatic heterocycles. The zero-order valence-corrected chi connectivity index (χ0v) is 10.7. The van der Waals surface area contributed by atoms with Crippen LogP contribution < -0.4 is 16.0 Å². The first-order valence-corrected chi connectivity index (χ1v) is 5.99. The average molecular weight is 280 g/mol. The third-order valence-electron chi connectivity index (χ3n) is 2.92. The van der Waals surface area contributed by atoms with E-state index in [9.17, 15) is 18.8 Å². The van der Waals surface area contributed by atoms with Crippen molar-refractivity contribution in [1.82, 2.24) is 15.6 Å². The van der Waals surface area contributed by atoms with Crippen LogP contribution in [-0.4, -0.2) is 35.8 Å². The van der Waals surface area contributed by atoms with Crippen molar-refractivity contribution >= 4 is 23.5 Å². The highest BCUT2D eigenvalue weighted by atomic mass is 19.1. The van der Waals surface area contributed by atoms with Crippen molar-refractivity contribution in [2.24, 2.45) is 0 Å². The Morgan fingerprint density at radius 2 is 2.25 bits per heavy atom. The maximum Gasteiger partial charge on any atom is 0.255 e. The van der Waals surface area contributed by atoms with Crippen LogP contribution in [-0.2, 0) is 9.59 Å². The van der Waals surface area contributed by atoms with E-state index in [-0.39, 0.29) is 30.1 Å². The number of pyridine rings is 1. The van der Waals surface area contributed by atoms with Gasteiger partial charge in [0.2, 0.25) is 11.8 Å². The molecule has 1 fully saturated rings. The van der Waals surface area contributed by atoms with Gasteiger partial charge in [-0.15, -0.1) is 0 Å². The lowest BCUT2D eigenvalue weighted by Gasteiger charge is -2.21. The van der Waals surface area contributed by atoms with Crippen LogP contribution in [0, 0.1) is 5.82 Å². The second-order valence-electron chi connectivity index (χ2n) is 4.25. The number of anilines is 1. The molecule has 106 valence electrons. The number of carbonyl (C=O) groups excluding carboxylic acids is 3. The molecule has 2 heterocycles. The molecule has 0 radical (unpaired) electrons. The Morgan fingerprint density at radius 1 is 1.50 bits per heavy atom. The van der Waals surface area contributed by atoms with E-state index in [1.165, 1.54) is 19.3 Å². The number of imide groups is 1. The Labute approximate surface area is 113 Å². The second kappa shape index (κ2) is 5.64. The summed E-state index contributed by atoms with van der Waals surface area (Å²) < 4.78 is 13.9. The minimum atomic E-state index is -0.842. The summed E-state index contributed by atoms with van der Waals surface area (Å²) in [6.45, 7) is 0. The monoisotopic (exact) mass is 280 g/mol. The summed E-state index contributed by atoms with van der Waals surface area (Å²) in [5.74, 6) is -2.54. The Bertz CT molecular complexity index is 576. The first-order valence-electron chi connectivity index (χ1n) is 5.99. The summed E-state index contributed by atoms with van der Waals surface area (Å²) in [5, 5.41) is 7.03. The number of carbonyl (C=O) groups is 3. The van der Waals surface area contributed by atoms with Gasteiger partial charge in [0, 0.05) is 19.7 Å². The molecule has 1 saturated heterocycles. The largest absolute Gasteiger partial charge is 0.371 e. The second-order valence-corrected chi connectivity index (χ2v) is 4.25. The van der Waals surface area contributed by atoms with Gasteiger partial charge in [0.05, 0.1) is 5.56 Å². The summed E-state index contributed by atoms with van der Waals surface area (Å²) in [4.78, 5) is 38.2. The van der Waals surface area contributed by atoms with E-state index in [0.29, 0.717) is 0 Å². The van der Waals surface area contributed by atoms with Crippen molar-refractivity contribution in [3.63, 3.8) is 0 Å². The highest BCUT2D eigenvalue weighted by molar-refractivity contribution is 6.04. The third kappa shape index (κ3) is 2.73. The van der Waals surface area contributed by atoms with Crippen LogP contribution in [0.4, 0.5) is 10.2 Å². The topological polar surface area (TPSA) is 100 Å². The van der Waals surface area contributed by atoms with Crippen LogP contribution >= 0.6 is 0 Å². The number of hydrogen-bond donors (Lipinski definition) is 3. The Hall–Kier alpha value is -2.51. The fourth-order valence-corrected chi connectivity index (χ4v) is 1.86. The number of nitrogens with zero attached hydrogens (tertiary/aromatic N) is 1.